The van der Waals surface area contributed by atoms with Gasteiger partial charge in [0.25, 0.3) is 5.91 Å². The third kappa shape index (κ3) is 3.46. The number of halogens is 2. The first kappa shape index (κ1) is 19.1. The fourth-order valence-electron chi connectivity index (χ4n) is 2.90. The molecule has 0 saturated carbocycles. The number of aliphatic hydroxyl groups excluding tert-OH is 1. The minimum absolute atomic E-state index is 0.318. The molecule has 1 amide bonds. The van der Waals surface area contributed by atoms with Crippen molar-refractivity contribution in [2.24, 2.45) is 0 Å². The van der Waals surface area contributed by atoms with Crippen LogP contribution in [0.5, 0.6) is 0 Å². The third-order valence-electron chi connectivity index (χ3n) is 4.39. The van der Waals surface area contributed by atoms with Crippen LogP contribution in [-0.4, -0.2) is 39.1 Å². The molecular formula is C19H16Cl2N4O2S. The van der Waals surface area contributed by atoms with Gasteiger partial charge in [0.2, 0.25) is 6.35 Å². The molecule has 1 unspecified atom stereocenters. The largest absolute Gasteiger partial charge is 0.356 e. The summed E-state index contributed by atoms with van der Waals surface area (Å²) >= 11 is 13.7. The first-order valence-electron chi connectivity index (χ1n) is 8.44. The van der Waals surface area contributed by atoms with Gasteiger partial charge in [0.15, 0.2) is 0 Å². The summed E-state index contributed by atoms with van der Waals surface area (Å²) in [6, 6.07) is 15.1. The van der Waals surface area contributed by atoms with Crippen molar-refractivity contribution in [2.75, 3.05) is 12.4 Å². The van der Waals surface area contributed by atoms with Crippen LogP contribution in [0.4, 0.5) is 5.82 Å². The van der Waals surface area contributed by atoms with Gasteiger partial charge in [0.05, 0.1) is 16.6 Å². The lowest BCUT2D eigenvalue weighted by molar-refractivity contribution is 0.0295. The first-order chi connectivity index (χ1) is 13.5. The van der Waals surface area contributed by atoms with Gasteiger partial charge in [-0.1, -0.05) is 71.4 Å². The minimum atomic E-state index is -1.13. The Labute approximate surface area is 176 Å². The van der Waals surface area contributed by atoms with Crippen molar-refractivity contribution in [3.63, 3.8) is 0 Å². The van der Waals surface area contributed by atoms with E-state index in [1.54, 1.807) is 16.8 Å². The Morgan fingerprint density at radius 3 is 2.68 bits per heavy atom. The number of hydrogen-bond donors (Lipinski definition) is 2. The van der Waals surface area contributed by atoms with Crippen molar-refractivity contribution < 1.29 is 9.90 Å². The van der Waals surface area contributed by atoms with Crippen LogP contribution in [-0.2, 0) is 6.54 Å². The van der Waals surface area contributed by atoms with Crippen LogP contribution in [0, 0.1) is 0 Å². The van der Waals surface area contributed by atoms with Crippen LogP contribution in [0.1, 0.15) is 15.9 Å². The summed E-state index contributed by atoms with van der Waals surface area (Å²) in [6.45, 7) is 0.448. The molecule has 2 aromatic carbocycles. The Kier molecular flexibility index (Phi) is 5.25. The number of rotatable bonds is 4. The molecule has 1 aliphatic heterocycles. The summed E-state index contributed by atoms with van der Waals surface area (Å²) in [5.41, 5.74) is 1.41. The molecule has 6 nitrogen and oxygen atoms in total. The molecule has 0 radical (unpaired) electrons. The fourth-order valence-corrected chi connectivity index (χ4v) is 4.35. The van der Waals surface area contributed by atoms with Crippen LogP contribution in [0.3, 0.4) is 0 Å². The smallest absolute Gasteiger partial charge is 0.263 e. The number of hydrogen-bond acceptors (Lipinski definition) is 5. The maximum atomic E-state index is 12.9. The summed E-state index contributed by atoms with van der Waals surface area (Å²) < 4.78 is 1.68. The molecule has 28 heavy (non-hydrogen) atoms. The van der Waals surface area contributed by atoms with Crippen molar-refractivity contribution in [2.45, 2.75) is 22.8 Å². The highest BCUT2D eigenvalue weighted by molar-refractivity contribution is 7.99. The molecule has 4 rings (SSSR count). The van der Waals surface area contributed by atoms with Gasteiger partial charge in [0, 0.05) is 11.9 Å². The maximum absolute atomic E-state index is 12.9. The molecule has 1 atom stereocenters. The lowest BCUT2D eigenvalue weighted by Crippen LogP contribution is -2.46. The van der Waals surface area contributed by atoms with Crippen molar-refractivity contribution in [1.29, 1.82) is 0 Å². The predicted octanol–water partition coefficient (Wildman–Crippen LogP) is 4.16. The molecule has 9 heteroatoms. The number of aromatic nitrogens is 2. The Hall–Kier alpha value is -2.19. The van der Waals surface area contributed by atoms with Gasteiger partial charge >= 0.3 is 0 Å². The van der Waals surface area contributed by atoms with Gasteiger partial charge in [-0.05, 0) is 17.7 Å². The SMILES string of the molecule is CN1C(=O)c2c(Sc3cccc(Cl)c3Cl)nn(Cc3ccccc3)c2NC1O. The molecule has 0 fully saturated rings. The molecule has 0 saturated heterocycles. The zero-order valence-electron chi connectivity index (χ0n) is 14.8. The van der Waals surface area contributed by atoms with Crippen molar-refractivity contribution in [1.82, 2.24) is 14.7 Å². The molecule has 3 aromatic rings. The molecule has 1 aromatic heterocycles. The highest BCUT2D eigenvalue weighted by Crippen LogP contribution is 2.41. The summed E-state index contributed by atoms with van der Waals surface area (Å²) in [4.78, 5) is 14.8. The molecule has 0 bridgehead atoms. The van der Waals surface area contributed by atoms with Gasteiger partial charge in [0.1, 0.15) is 16.4 Å². The van der Waals surface area contributed by atoms with E-state index < -0.39 is 6.35 Å². The van der Waals surface area contributed by atoms with Gasteiger partial charge < -0.3 is 10.4 Å². The lowest BCUT2D eigenvalue weighted by Gasteiger charge is -2.30. The molecule has 2 heterocycles. The Bertz CT molecular complexity index is 1040. The number of fused-ring (bicyclic) bond motifs is 1. The maximum Gasteiger partial charge on any atom is 0.263 e. The van der Waals surface area contributed by atoms with E-state index in [2.05, 4.69) is 10.4 Å². The van der Waals surface area contributed by atoms with Gasteiger partial charge in [-0.2, -0.15) is 5.10 Å². The summed E-state index contributed by atoms with van der Waals surface area (Å²) in [6.07, 6.45) is -1.13. The van der Waals surface area contributed by atoms with Gasteiger partial charge in [-0.3, -0.25) is 9.69 Å². The Balaban J connectivity index is 1.79. The summed E-state index contributed by atoms with van der Waals surface area (Å²) in [7, 11) is 1.53. The molecule has 1 aliphatic rings. The van der Waals surface area contributed by atoms with Gasteiger partial charge in [-0.15, -0.1) is 0 Å². The standard InChI is InChI=1S/C19H16Cl2N4O2S/c1-24-18(26)14-16(22-19(24)27)25(10-11-6-3-2-4-7-11)23-17(14)28-13-9-5-8-12(20)15(13)21/h2-9,19,22,27H,10H2,1H3. The normalized spacial score (nSPS) is 16.1. The van der Waals surface area contributed by atoms with E-state index in [0.717, 1.165) is 5.56 Å². The zero-order chi connectivity index (χ0) is 19.8. The number of carbonyl (C=O) groups excluding carboxylic acids is 1. The highest BCUT2D eigenvalue weighted by Gasteiger charge is 2.35. The molecule has 0 spiro atoms. The fraction of sp³-hybridized carbons (Fsp3) is 0.158. The number of benzene rings is 2. The van der Waals surface area contributed by atoms with E-state index in [1.807, 2.05) is 36.4 Å². The Morgan fingerprint density at radius 1 is 1.18 bits per heavy atom. The summed E-state index contributed by atoms with van der Waals surface area (Å²) in [5, 5.41) is 19.1. The highest BCUT2D eigenvalue weighted by atomic mass is 35.5. The number of amides is 1. The molecule has 2 N–H and O–H groups in total. The van der Waals surface area contributed by atoms with Crippen LogP contribution < -0.4 is 5.32 Å². The average molecular weight is 435 g/mol. The van der Waals surface area contributed by atoms with Gasteiger partial charge in [-0.25, -0.2) is 4.68 Å². The minimum Gasteiger partial charge on any atom is -0.356 e. The number of nitrogens with one attached hydrogen (secondary N) is 1. The van der Waals surface area contributed by atoms with E-state index in [1.165, 1.54) is 23.7 Å². The monoisotopic (exact) mass is 434 g/mol. The van der Waals surface area contributed by atoms with Crippen LogP contribution >= 0.6 is 35.0 Å². The zero-order valence-corrected chi connectivity index (χ0v) is 17.1. The summed E-state index contributed by atoms with van der Waals surface area (Å²) in [5.74, 6) is 0.154. The average Bonchev–Trinajstić information content (AvgIpc) is 3.01. The number of carbonyl (C=O) groups is 1. The number of nitrogens with zero attached hydrogens (tertiary/aromatic N) is 3. The van der Waals surface area contributed by atoms with Crippen molar-refractivity contribution >= 4 is 46.7 Å². The second-order valence-corrected chi connectivity index (χ2v) is 8.08. The number of anilines is 1. The van der Waals surface area contributed by atoms with E-state index in [0.29, 0.717) is 37.9 Å². The van der Waals surface area contributed by atoms with Crippen LogP contribution in [0.2, 0.25) is 10.0 Å². The van der Waals surface area contributed by atoms with E-state index in [-0.39, 0.29) is 5.91 Å². The van der Waals surface area contributed by atoms with Crippen molar-refractivity contribution in [3.05, 3.63) is 69.7 Å². The molecule has 144 valence electrons. The van der Waals surface area contributed by atoms with Crippen LogP contribution in [0.25, 0.3) is 0 Å². The van der Waals surface area contributed by atoms with Crippen molar-refractivity contribution in [3.8, 4) is 0 Å². The quantitative estimate of drug-likeness (QED) is 0.644. The first-order valence-corrected chi connectivity index (χ1v) is 10.0. The predicted molar refractivity (Wildman–Crippen MR) is 110 cm³/mol. The molecular weight excluding hydrogens is 419 g/mol. The lowest BCUT2D eigenvalue weighted by atomic mass is 10.2. The van der Waals surface area contributed by atoms with E-state index >= 15 is 0 Å². The second kappa shape index (κ2) is 7.67. The topological polar surface area (TPSA) is 70.4 Å². The van der Waals surface area contributed by atoms with E-state index in [9.17, 15) is 9.90 Å². The second-order valence-electron chi connectivity index (χ2n) is 6.26. The Morgan fingerprint density at radius 2 is 1.93 bits per heavy atom. The number of aliphatic hydroxyl groups is 1. The third-order valence-corrected chi connectivity index (χ3v) is 6.36. The van der Waals surface area contributed by atoms with Crippen LogP contribution in [0.15, 0.2) is 58.5 Å². The van der Waals surface area contributed by atoms with E-state index in [4.69, 9.17) is 23.2 Å². The molecule has 0 aliphatic carbocycles.